The number of carboxylic acids is 1. The molecule has 196 valence electrons. The second kappa shape index (κ2) is 11.7. The average Bonchev–Trinajstić information content (AvgIpc) is 3.29. The van der Waals surface area contributed by atoms with E-state index in [2.05, 4.69) is 5.32 Å². The fourth-order valence-corrected chi connectivity index (χ4v) is 4.28. The van der Waals surface area contributed by atoms with Gasteiger partial charge >= 0.3 is 12.1 Å². The molecule has 0 aliphatic carbocycles. The summed E-state index contributed by atoms with van der Waals surface area (Å²) in [4.78, 5) is 25.4. The van der Waals surface area contributed by atoms with Crippen LogP contribution >= 0.6 is 12.4 Å². The van der Waals surface area contributed by atoms with E-state index in [1.807, 2.05) is 0 Å². The van der Waals surface area contributed by atoms with Crippen molar-refractivity contribution in [2.45, 2.75) is 31.7 Å². The predicted molar refractivity (Wildman–Crippen MR) is 136 cm³/mol. The number of carboxylic acid groups (broad SMARTS) is 1. The Morgan fingerprint density at radius 1 is 1.08 bits per heavy atom. The third kappa shape index (κ3) is 6.42. The number of ether oxygens (including phenoxy) is 1. The number of benzene rings is 3. The molecule has 1 atom stereocenters. The van der Waals surface area contributed by atoms with Crippen LogP contribution in [0, 0.1) is 0 Å². The maximum Gasteiger partial charge on any atom is 0.417 e. The molecule has 3 aromatic rings. The van der Waals surface area contributed by atoms with Gasteiger partial charge in [0.15, 0.2) is 0 Å². The minimum absolute atomic E-state index is 0. The number of amides is 1. The Morgan fingerprint density at radius 2 is 1.81 bits per heavy atom. The first-order valence-corrected chi connectivity index (χ1v) is 11.4. The zero-order valence-corrected chi connectivity index (χ0v) is 20.7. The number of carbonyl (C=O) groups excluding carboxylic acids is 1. The molecule has 0 spiro atoms. The Hall–Kier alpha value is -3.56. The quantitative estimate of drug-likeness (QED) is 0.409. The van der Waals surface area contributed by atoms with E-state index >= 15 is 0 Å². The molecule has 1 aliphatic rings. The summed E-state index contributed by atoms with van der Waals surface area (Å²) in [6, 6.07) is 16.8. The highest BCUT2D eigenvalue weighted by Crippen LogP contribution is 2.38. The molecule has 37 heavy (non-hydrogen) atoms. The van der Waals surface area contributed by atoms with E-state index in [0.717, 1.165) is 11.6 Å². The lowest BCUT2D eigenvalue weighted by Crippen LogP contribution is -2.40. The molecule has 0 bridgehead atoms. The monoisotopic (exact) mass is 534 g/mol. The lowest BCUT2D eigenvalue weighted by molar-refractivity contribution is -0.141. The van der Waals surface area contributed by atoms with E-state index in [-0.39, 0.29) is 36.9 Å². The van der Waals surface area contributed by atoms with E-state index in [1.165, 1.54) is 13.1 Å². The van der Waals surface area contributed by atoms with Crippen LogP contribution in [0.1, 0.15) is 23.1 Å². The molecule has 0 aromatic heterocycles. The smallest absolute Gasteiger partial charge is 0.417 e. The topological polar surface area (TPSA) is 78.9 Å². The van der Waals surface area contributed by atoms with Gasteiger partial charge in [0.25, 0.3) is 0 Å². The molecule has 0 saturated heterocycles. The van der Waals surface area contributed by atoms with Crippen molar-refractivity contribution in [3.63, 3.8) is 0 Å². The third-order valence-electron chi connectivity index (χ3n) is 6.15. The van der Waals surface area contributed by atoms with Gasteiger partial charge in [-0.15, -0.1) is 12.4 Å². The first-order chi connectivity index (χ1) is 17.2. The predicted octanol–water partition coefficient (Wildman–Crippen LogP) is 5.33. The van der Waals surface area contributed by atoms with Crippen LogP contribution < -0.4 is 15.0 Å². The minimum atomic E-state index is -4.52. The lowest BCUT2D eigenvalue weighted by atomic mass is 9.97. The summed E-state index contributed by atoms with van der Waals surface area (Å²) in [5, 5.41) is 11.8. The van der Waals surface area contributed by atoms with Crippen molar-refractivity contribution in [1.82, 2.24) is 5.32 Å². The largest absolute Gasteiger partial charge is 0.489 e. The normalized spacial score (nSPS) is 13.5. The number of aliphatic carboxylic acids is 1. The molecule has 4 rings (SSSR count). The molecule has 0 unspecified atom stereocenters. The minimum Gasteiger partial charge on any atom is -0.489 e. The summed E-state index contributed by atoms with van der Waals surface area (Å²) in [6.07, 6.45) is -4.12. The SMILES string of the molecule is CN[C@H](CC(=O)N1CCc2cc(OCc3ccc(-c4ccccc4)c(C(F)(F)F)c3)ccc21)C(=O)O.Cl. The number of rotatable bonds is 8. The summed E-state index contributed by atoms with van der Waals surface area (Å²) in [5.74, 6) is -0.927. The third-order valence-corrected chi connectivity index (χ3v) is 6.15. The van der Waals surface area contributed by atoms with Gasteiger partial charge in [-0.3, -0.25) is 9.59 Å². The molecule has 1 heterocycles. The van der Waals surface area contributed by atoms with Gasteiger partial charge in [0, 0.05) is 12.2 Å². The van der Waals surface area contributed by atoms with E-state index in [0.29, 0.717) is 35.5 Å². The number of anilines is 1. The first-order valence-electron chi connectivity index (χ1n) is 11.4. The fourth-order valence-electron chi connectivity index (χ4n) is 4.28. The van der Waals surface area contributed by atoms with Crippen molar-refractivity contribution in [3.8, 4) is 16.9 Å². The Balaban J connectivity index is 0.00000380. The van der Waals surface area contributed by atoms with Crippen LogP contribution in [0.5, 0.6) is 5.75 Å². The average molecular weight is 535 g/mol. The zero-order chi connectivity index (χ0) is 25.9. The first kappa shape index (κ1) is 28.0. The molecule has 0 fully saturated rings. The van der Waals surface area contributed by atoms with Gasteiger partial charge in [0.2, 0.25) is 5.91 Å². The Labute approximate surface area is 218 Å². The highest BCUT2D eigenvalue weighted by atomic mass is 35.5. The molecule has 6 nitrogen and oxygen atoms in total. The molecule has 10 heteroatoms. The van der Waals surface area contributed by atoms with Crippen LogP contribution in [0.3, 0.4) is 0 Å². The molecular formula is C27H26ClF3N2O4. The van der Waals surface area contributed by atoms with Crippen LogP contribution in [0.25, 0.3) is 11.1 Å². The van der Waals surface area contributed by atoms with E-state index < -0.39 is 23.8 Å². The highest BCUT2D eigenvalue weighted by molar-refractivity contribution is 5.98. The number of fused-ring (bicyclic) bond motifs is 1. The standard InChI is InChI=1S/C27H25F3N2O4.ClH/c1-31-23(26(34)35)15-25(33)32-12-11-19-14-20(8-10-24(19)32)36-16-17-7-9-21(18-5-3-2-4-6-18)22(13-17)27(28,29)30;/h2-10,13-14,23,31H,11-12,15-16H2,1H3,(H,34,35);1H/t23-;/m1./s1. The number of carbonyl (C=O) groups is 2. The van der Waals surface area contributed by atoms with Gasteiger partial charge in [-0.2, -0.15) is 13.2 Å². The number of halogens is 4. The van der Waals surface area contributed by atoms with Gasteiger partial charge in [0.05, 0.1) is 12.0 Å². The van der Waals surface area contributed by atoms with Crippen LogP contribution in [-0.4, -0.2) is 36.6 Å². The Bertz CT molecular complexity index is 1270. The summed E-state index contributed by atoms with van der Waals surface area (Å²) in [7, 11) is 1.49. The van der Waals surface area contributed by atoms with Gasteiger partial charge in [-0.1, -0.05) is 42.5 Å². The lowest BCUT2D eigenvalue weighted by Gasteiger charge is -2.20. The number of alkyl halides is 3. The summed E-state index contributed by atoms with van der Waals surface area (Å²) in [5.41, 5.74) is 1.79. The van der Waals surface area contributed by atoms with Crippen molar-refractivity contribution in [2.24, 2.45) is 0 Å². The number of nitrogens with zero attached hydrogens (tertiary/aromatic N) is 1. The van der Waals surface area contributed by atoms with Crippen molar-refractivity contribution in [1.29, 1.82) is 0 Å². The summed E-state index contributed by atoms with van der Waals surface area (Å²) >= 11 is 0. The molecule has 3 aromatic carbocycles. The van der Waals surface area contributed by atoms with Crippen LogP contribution in [0.2, 0.25) is 0 Å². The Morgan fingerprint density at radius 3 is 2.46 bits per heavy atom. The van der Waals surface area contributed by atoms with E-state index in [1.54, 1.807) is 59.5 Å². The van der Waals surface area contributed by atoms with Crippen molar-refractivity contribution in [3.05, 3.63) is 83.4 Å². The fraction of sp³-hybridized carbons (Fsp3) is 0.259. The number of nitrogens with one attached hydrogen (secondary N) is 1. The number of likely N-dealkylation sites (N-methyl/N-ethyl adjacent to an activating group) is 1. The van der Waals surface area contributed by atoms with Gasteiger partial charge in [-0.05, 0) is 60.0 Å². The van der Waals surface area contributed by atoms with Gasteiger partial charge in [0.1, 0.15) is 18.4 Å². The molecule has 0 radical (unpaired) electrons. The maximum atomic E-state index is 13.8. The Kier molecular flexibility index (Phi) is 8.83. The van der Waals surface area contributed by atoms with Crippen molar-refractivity contribution >= 4 is 30.0 Å². The maximum absolute atomic E-state index is 13.8. The highest BCUT2D eigenvalue weighted by Gasteiger charge is 2.34. The van der Waals surface area contributed by atoms with Crippen LogP contribution in [0.15, 0.2) is 66.7 Å². The molecule has 0 saturated carbocycles. The van der Waals surface area contributed by atoms with E-state index in [4.69, 9.17) is 4.74 Å². The number of hydrogen-bond donors (Lipinski definition) is 2. The molecule has 2 N–H and O–H groups in total. The molecular weight excluding hydrogens is 509 g/mol. The summed E-state index contributed by atoms with van der Waals surface area (Å²) in [6.45, 7) is 0.367. The molecule has 1 amide bonds. The molecule has 1 aliphatic heterocycles. The zero-order valence-electron chi connectivity index (χ0n) is 19.9. The number of hydrogen-bond acceptors (Lipinski definition) is 4. The summed E-state index contributed by atoms with van der Waals surface area (Å²) < 4.78 is 47.1. The van der Waals surface area contributed by atoms with Gasteiger partial charge in [-0.25, -0.2) is 0 Å². The van der Waals surface area contributed by atoms with Crippen molar-refractivity contribution in [2.75, 3.05) is 18.5 Å². The van der Waals surface area contributed by atoms with E-state index in [9.17, 15) is 27.9 Å². The van der Waals surface area contributed by atoms with Crippen LogP contribution in [-0.2, 0) is 28.8 Å². The van der Waals surface area contributed by atoms with Crippen LogP contribution in [0.4, 0.5) is 18.9 Å². The second-order valence-electron chi connectivity index (χ2n) is 8.50. The van der Waals surface area contributed by atoms with Gasteiger partial charge < -0.3 is 20.1 Å². The second-order valence-corrected chi connectivity index (χ2v) is 8.50. The van der Waals surface area contributed by atoms with Crippen molar-refractivity contribution < 1.29 is 32.6 Å².